The topological polar surface area (TPSA) is 58.6 Å². The standard InChI is InChI=1S/C15H22N2O3S/c1-2-14-4-6-15(7-5-14)21(18,19)16-8-3-9-17-10-12-20-13-11-17/h2,4-7,16H,1,3,8-13H2. The van der Waals surface area contributed by atoms with Crippen LogP contribution < -0.4 is 4.72 Å². The van der Waals surface area contributed by atoms with Gasteiger partial charge in [0.1, 0.15) is 0 Å². The van der Waals surface area contributed by atoms with Crippen LogP contribution >= 0.6 is 0 Å². The van der Waals surface area contributed by atoms with Gasteiger partial charge in [-0.3, -0.25) is 4.90 Å². The number of sulfonamides is 1. The highest BCUT2D eigenvalue weighted by Gasteiger charge is 2.14. The van der Waals surface area contributed by atoms with Crippen LogP contribution in [0.25, 0.3) is 6.08 Å². The number of ether oxygens (including phenoxy) is 1. The van der Waals surface area contributed by atoms with E-state index in [2.05, 4.69) is 16.2 Å². The number of rotatable bonds is 7. The van der Waals surface area contributed by atoms with Crippen LogP contribution in [0.15, 0.2) is 35.7 Å². The van der Waals surface area contributed by atoms with Crippen molar-refractivity contribution in [1.29, 1.82) is 0 Å². The minimum atomic E-state index is -3.42. The van der Waals surface area contributed by atoms with Crippen molar-refractivity contribution in [2.45, 2.75) is 11.3 Å². The highest BCUT2D eigenvalue weighted by Crippen LogP contribution is 2.11. The van der Waals surface area contributed by atoms with Gasteiger partial charge in [-0.2, -0.15) is 0 Å². The molecule has 5 nitrogen and oxygen atoms in total. The first-order valence-corrected chi connectivity index (χ1v) is 8.62. The predicted molar refractivity (Wildman–Crippen MR) is 83.6 cm³/mol. The van der Waals surface area contributed by atoms with Crippen LogP contribution in [0.3, 0.4) is 0 Å². The van der Waals surface area contributed by atoms with Crippen LogP contribution in [-0.4, -0.2) is 52.7 Å². The SMILES string of the molecule is C=Cc1ccc(S(=O)(=O)NCCCN2CCOCC2)cc1. The van der Waals surface area contributed by atoms with Gasteiger partial charge in [0.25, 0.3) is 0 Å². The van der Waals surface area contributed by atoms with Gasteiger partial charge in [0, 0.05) is 19.6 Å². The van der Waals surface area contributed by atoms with Crippen molar-refractivity contribution < 1.29 is 13.2 Å². The van der Waals surface area contributed by atoms with E-state index in [1.54, 1.807) is 30.3 Å². The highest BCUT2D eigenvalue weighted by molar-refractivity contribution is 7.89. The molecule has 0 spiro atoms. The van der Waals surface area contributed by atoms with Crippen LogP contribution in [0.4, 0.5) is 0 Å². The molecule has 0 bridgehead atoms. The predicted octanol–water partition coefficient (Wildman–Crippen LogP) is 1.33. The number of nitrogens with zero attached hydrogens (tertiary/aromatic N) is 1. The number of hydrogen-bond donors (Lipinski definition) is 1. The zero-order chi connectivity index (χ0) is 15.1. The molecule has 0 aliphatic carbocycles. The van der Waals surface area contributed by atoms with Crippen molar-refractivity contribution in [3.8, 4) is 0 Å². The molecule has 6 heteroatoms. The summed E-state index contributed by atoms with van der Waals surface area (Å²) in [6.07, 6.45) is 2.48. The highest BCUT2D eigenvalue weighted by atomic mass is 32.2. The van der Waals surface area contributed by atoms with E-state index in [0.29, 0.717) is 11.4 Å². The Kier molecular flexibility index (Phi) is 5.93. The third-order valence-electron chi connectivity index (χ3n) is 3.47. The molecule has 1 heterocycles. The second-order valence-corrected chi connectivity index (χ2v) is 6.75. The zero-order valence-corrected chi connectivity index (χ0v) is 12.9. The molecule has 0 atom stereocenters. The summed E-state index contributed by atoms with van der Waals surface area (Å²) in [5, 5.41) is 0. The molecule has 1 saturated heterocycles. The van der Waals surface area contributed by atoms with Gasteiger partial charge in [-0.05, 0) is 30.7 Å². The van der Waals surface area contributed by atoms with E-state index < -0.39 is 10.0 Å². The van der Waals surface area contributed by atoms with Gasteiger partial charge in [-0.1, -0.05) is 24.8 Å². The molecule has 0 saturated carbocycles. The maximum Gasteiger partial charge on any atom is 0.240 e. The van der Waals surface area contributed by atoms with Crippen LogP contribution in [0, 0.1) is 0 Å². The normalized spacial score (nSPS) is 16.8. The summed E-state index contributed by atoms with van der Waals surface area (Å²) in [6.45, 7) is 8.37. The Bertz CT molecular complexity index is 549. The molecular formula is C15H22N2O3S. The number of morpholine rings is 1. The molecule has 1 N–H and O–H groups in total. The Labute approximate surface area is 126 Å². The van der Waals surface area contributed by atoms with Gasteiger partial charge in [-0.25, -0.2) is 13.1 Å². The van der Waals surface area contributed by atoms with E-state index in [1.807, 2.05) is 0 Å². The molecule has 116 valence electrons. The first kappa shape index (κ1) is 16.2. The van der Waals surface area contributed by atoms with Crippen molar-refractivity contribution >= 4 is 16.1 Å². The lowest BCUT2D eigenvalue weighted by molar-refractivity contribution is 0.0376. The summed E-state index contributed by atoms with van der Waals surface area (Å²) in [5.41, 5.74) is 0.904. The van der Waals surface area contributed by atoms with Crippen LogP contribution in [0.2, 0.25) is 0 Å². The van der Waals surface area contributed by atoms with Gasteiger partial charge in [0.2, 0.25) is 10.0 Å². The van der Waals surface area contributed by atoms with Crippen molar-refractivity contribution in [3.05, 3.63) is 36.4 Å². The smallest absolute Gasteiger partial charge is 0.240 e. The number of benzene rings is 1. The van der Waals surface area contributed by atoms with Gasteiger partial charge in [0.15, 0.2) is 0 Å². The molecule has 2 rings (SSSR count). The molecule has 1 aliphatic heterocycles. The fourth-order valence-corrected chi connectivity index (χ4v) is 3.27. The molecule has 0 radical (unpaired) electrons. The first-order valence-electron chi connectivity index (χ1n) is 7.14. The van der Waals surface area contributed by atoms with Crippen molar-refractivity contribution in [2.75, 3.05) is 39.4 Å². The molecule has 0 aromatic heterocycles. The van der Waals surface area contributed by atoms with Gasteiger partial charge >= 0.3 is 0 Å². The minimum absolute atomic E-state index is 0.291. The van der Waals surface area contributed by atoms with Crippen molar-refractivity contribution in [1.82, 2.24) is 9.62 Å². The Hall–Kier alpha value is -1.21. The Balaban J connectivity index is 1.78. The van der Waals surface area contributed by atoms with E-state index in [4.69, 9.17) is 4.74 Å². The summed E-state index contributed by atoms with van der Waals surface area (Å²) in [5.74, 6) is 0. The monoisotopic (exact) mass is 310 g/mol. The molecule has 1 aliphatic rings. The fraction of sp³-hybridized carbons (Fsp3) is 0.467. The minimum Gasteiger partial charge on any atom is -0.379 e. The molecule has 0 unspecified atom stereocenters. The lowest BCUT2D eigenvalue weighted by Crippen LogP contribution is -2.38. The Morgan fingerprint density at radius 1 is 1.24 bits per heavy atom. The van der Waals surface area contributed by atoms with E-state index >= 15 is 0 Å². The number of hydrogen-bond acceptors (Lipinski definition) is 4. The van der Waals surface area contributed by atoms with Crippen LogP contribution in [0.5, 0.6) is 0 Å². The van der Waals surface area contributed by atoms with Gasteiger partial charge < -0.3 is 4.74 Å². The third kappa shape index (κ3) is 4.93. The van der Waals surface area contributed by atoms with E-state index in [0.717, 1.165) is 44.8 Å². The summed E-state index contributed by atoms with van der Waals surface area (Å²) < 4.78 is 32.1. The Morgan fingerprint density at radius 3 is 2.52 bits per heavy atom. The van der Waals surface area contributed by atoms with E-state index in [1.165, 1.54) is 0 Å². The lowest BCUT2D eigenvalue weighted by Gasteiger charge is -2.26. The summed E-state index contributed by atoms with van der Waals surface area (Å²) in [4.78, 5) is 2.58. The summed E-state index contributed by atoms with van der Waals surface area (Å²) >= 11 is 0. The largest absolute Gasteiger partial charge is 0.379 e. The van der Waals surface area contributed by atoms with E-state index in [9.17, 15) is 8.42 Å². The fourth-order valence-electron chi connectivity index (χ4n) is 2.20. The van der Waals surface area contributed by atoms with Crippen molar-refractivity contribution in [3.63, 3.8) is 0 Å². The maximum atomic E-state index is 12.1. The quantitative estimate of drug-likeness (QED) is 0.772. The van der Waals surface area contributed by atoms with Gasteiger partial charge in [0.05, 0.1) is 18.1 Å². The average molecular weight is 310 g/mol. The average Bonchev–Trinajstić information content (AvgIpc) is 2.53. The molecule has 0 amide bonds. The molecular weight excluding hydrogens is 288 g/mol. The second-order valence-electron chi connectivity index (χ2n) is 4.98. The maximum absolute atomic E-state index is 12.1. The number of nitrogens with one attached hydrogen (secondary N) is 1. The zero-order valence-electron chi connectivity index (χ0n) is 12.1. The van der Waals surface area contributed by atoms with Gasteiger partial charge in [-0.15, -0.1) is 0 Å². The third-order valence-corrected chi connectivity index (χ3v) is 4.95. The second kappa shape index (κ2) is 7.70. The Morgan fingerprint density at radius 2 is 1.90 bits per heavy atom. The lowest BCUT2D eigenvalue weighted by atomic mass is 10.2. The van der Waals surface area contributed by atoms with Crippen LogP contribution in [-0.2, 0) is 14.8 Å². The molecule has 1 aromatic rings. The van der Waals surface area contributed by atoms with E-state index in [-0.39, 0.29) is 0 Å². The summed E-state index contributed by atoms with van der Waals surface area (Å²) in [6, 6.07) is 6.69. The summed E-state index contributed by atoms with van der Waals surface area (Å²) in [7, 11) is -3.42. The molecule has 1 aromatic carbocycles. The first-order chi connectivity index (χ1) is 10.1. The van der Waals surface area contributed by atoms with Crippen LogP contribution in [0.1, 0.15) is 12.0 Å². The molecule has 1 fully saturated rings. The molecule has 21 heavy (non-hydrogen) atoms. The van der Waals surface area contributed by atoms with Crippen molar-refractivity contribution in [2.24, 2.45) is 0 Å².